The molecule has 1 fully saturated rings. The van der Waals surface area contributed by atoms with E-state index in [1.165, 1.54) is 24.2 Å². The third kappa shape index (κ3) is 5.99. The first kappa shape index (κ1) is 20.8. The summed E-state index contributed by atoms with van der Waals surface area (Å²) in [4.78, 5) is 21.5. The Hall–Kier alpha value is -2.55. The summed E-state index contributed by atoms with van der Waals surface area (Å²) in [7, 11) is 0. The Balaban J connectivity index is 0.000000224. The molecule has 2 aliphatic heterocycles. The van der Waals surface area contributed by atoms with Crippen LogP contribution in [0.5, 0.6) is 5.88 Å². The van der Waals surface area contributed by atoms with E-state index in [2.05, 4.69) is 32.4 Å². The lowest BCUT2D eigenvalue weighted by Gasteiger charge is -2.28. The molecule has 8 nitrogen and oxygen atoms in total. The van der Waals surface area contributed by atoms with E-state index in [0.29, 0.717) is 6.61 Å². The van der Waals surface area contributed by atoms with Gasteiger partial charge in [-0.2, -0.15) is 0 Å². The highest BCUT2D eigenvalue weighted by atomic mass is 35.5. The summed E-state index contributed by atoms with van der Waals surface area (Å²) in [5.41, 5.74) is 2.42. The fourth-order valence-corrected chi connectivity index (χ4v) is 2.42. The summed E-state index contributed by atoms with van der Waals surface area (Å²) >= 11 is 0. The van der Waals surface area contributed by atoms with Crippen LogP contribution in [0.15, 0.2) is 43.0 Å². The highest BCUT2D eigenvalue weighted by molar-refractivity contribution is 5.85. The fraction of sp³-hybridized carbons (Fsp3) is 0.333. The monoisotopic (exact) mass is 392 g/mol. The minimum Gasteiger partial charge on any atom is -0.477 e. The molecule has 4 rings (SSSR count). The Morgan fingerprint density at radius 1 is 1.26 bits per heavy atom. The van der Waals surface area contributed by atoms with Gasteiger partial charge in [0.1, 0.15) is 12.4 Å². The number of aromatic carboxylic acids is 1. The van der Waals surface area contributed by atoms with E-state index in [1.54, 1.807) is 6.20 Å². The van der Waals surface area contributed by atoms with Crippen molar-refractivity contribution < 1.29 is 19.4 Å². The van der Waals surface area contributed by atoms with Crippen molar-refractivity contribution in [2.24, 2.45) is 0 Å². The van der Waals surface area contributed by atoms with Gasteiger partial charge in [0.25, 0.3) is 0 Å². The summed E-state index contributed by atoms with van der Waals surface area (Å²) in [6.45, 7) is 3.30. The van der Waals surface area contributed by atoms with Gasteiger partial charge in [0.05, 0.1) is 13.2 Å². The molecule has 0 bridgehead atoms. The van der Waals surface area contributed by atoms with Crippen molar-refractivity contribution in [1.29, 1.82) is 0 Å². The van der Waals surface area contributed by atoms with Gasteiger partial charge >= 0.3 is 5.97 Å². The fourth-order valence-electron chi connectivity index (χ4n) is 2.42. The Morgan fingerprint density at radius 3 is 2.67 bits per heavy atom. The van der Waals surface area contributed by atoms with Gasteiger partial charge in [0.2, 0.25) is 5.88 Å². The maximum Gasteiger partial charge on any atom is 0.354 e. The van der Waals surface area contributed by atoms with Crippen LogP contribution >= 0.6 is 12.4 Å². The van der Waals surface area contributed by atoms with E-state index in [4.69, 9.17) is 14.6 Å². The lowest BCUT2D eigenvalue weighted by Crippen LogP contribution is -2.50. The van der Waals surface area contributed by atoms with Gasteiger partial charge in [-0.05, 0) is 30.2 Å². The lowest BCUT2D eigenvalue weighted by atomic mass is 10.0. The number of halogens is 1. The number of carboxylic acid groups (broad SMARTS) is 1. The van der Waals surface area contributed by atoms with Crippen LogP contribution in [0, 0.1) is 0 Å². The molecule has 0 radical (unpaired) electrons. The third-order valence-corrected chi connectivity index (χ3v) is 3.90. The van der Waals surface area contributed by atoms with Crippen molar-refractivity contribution in [1.82, 2.24) is 20.3 Å². The van der Waals surface area contributed by atoms with Crippen LogP contribution in [0.4, 0.5) is 0 Å². The van der Waals surface area contributed by atoms with Crippen LogP contribution in [0.1, 0.15) is 22.5 Å². The third-order valence-electron chi connectivity index (χ3n) is 3.90. The molecule has 2 aromatic rings. The molecule has 0 aliphatic carbocycles. The molecule has 144 valence electrons. The molecule has 0 atom stereocenters. The van der Waals surface area contributed by atoms with Gasteiger partial charge in [-0.25, -0.2) is 19.7 Å². The Bertz CT molecular complexity index is 769. The number of hydrogen-bond acceptors (Lipinski definition) is 7. The van der Waals surface area contributed by atoms with Crippen molar-refractivity contribution in [2.75, 3.05) is 26.3 Å². The Labute approximate surface area is 163 Å². The zero-order valence-corrected chi connectivity index (χ0v) is 15.4. The smallest absolute Gasteiger partial charge is 0.354 e. The maximum atomic E-state index is 10.1. The number of nitrogens with one attached hydrogen (secondary N) is 1. The average Bonchev–Trinajstić information content (AvgIpc) is 2.67. The van der Waals surface area contributed by atoms with Crippen molar-refractivity contribution >= 4 is 23.9 Å². The molecule has 9 heteroatoms. The number of pyridine rings is 1. The quantitative estimate of drug-likeness (QED) is 0.811. The van der Waals surface area contributed by atoms with Crippen LogP contribution in [-0.4, -0.2) is 58.4 Å². The standard InChI is InChI=1S/C13H16N2O2.C5H4N2O2.ClH/c1-2-12(10-3-6-16-7-4-10)13(15-5-1)17-11-8-14-9-11;8-5(9)4-1-2-6-3-7-4;/h1-3,5,11,14H,4,6-9H2;1-3H,(H,8,9);1H. The molecule has 2 aromatic heterocycles. The topological polar surface area (TPSA) is 106 Å². The minimum atomic E-state index is -1.03. The molecule has 4 heterocycles. The number of aromatic nitrogens is 3. The lowest BCUT2D eigenvalue weighted by molar-refractivity contribution is 0.0690. The summed E-state index contributed by atoms with van der Waals surface area (Å²) in [5, 5.41) is 11.5. The zero-order chi connectivity index (χ0) is 18.2. The molecule has 0 unspecified atom stereocenters. The van der Waals surface area contributed by atoms with Gasteiger partial charge < -0.3 is 19.9 Å². The number of carboxylic acids is 1. The molecule has 2 aliphatic rings. The highest BCUT2D eigenvalue weighted by Gasteiger charge is 2.21. The van der Waals surface area contributed by atoms with Crippen LogP contribution < -0.4 is 10.1 Å². The van der Waals surface area contributed by atoms with Crippen molar-refractivity contribution in [3.63, 3.8) is 0 Å². The van der Waals surface area contributed by atoms with Gasteiger partial charge in [-0.1, -0.05) is 6.08 Å². The number of hydrogen-bond donors (Lipinski definition) is 2. The molecule has 0 saturated carbocycles. The van der Waals surface area contributed by atoms with E-state index < -0.39 is 5.97 Å². The van der Waals surface area contributed by atoms with E-state index >= 15 is 0 Å². The van der Waals surface area contributed by atoms with Gasteiger partial charge in [0.15, 0.2) is 5.69 Å². The van der Waals surface area contributed by atoms with Crippen molar-refractivity contribution in [3.05, 3.63) is 54.3 Å². The number of nitrogens with zero attached hydrogens (tertiary/aromatic N) is 3. The van der Waals surface area contributed by atoms with Crippen molar-refractivity contribution in [3.8, 4) is 5.88 Å². The van der Waals surface area contributed by atoms with Crippen LogP contribution in [0.3, 0.4) is 0 Å². The molecule has 0 amide bonds. The molecule has 1 saturated heterocycles. The largest absolute Gasteiger partial charge is 0.477 e. The Kier molecular flexibility index (Phi) is 8.12. The first-order valence-corrected chi connectivity index (χ1v) is 8.33. The SMILES string of the molecule is C1=C(c2cccnc2OC2CNC2)CCOC1.Cl.O=C(O)c1ccncn1. The first-order chi connectivity index (χ1) is 12.7. The van der Waals surface area contributed by atoms with Crippen LogP contribution in [-0.2, 0) is 4.74 Å². The molecule has 0 aromatic carbocycles. The summed E-state index contributed by atoms with van der Waals surface area (Å²) < 4.78 is 11.2. The average molecular weight is 393 g/mol. The van der Waals surface area contributed by atoms with E-state index in [9.17, 15) is 4.79 Å². The highest BCUT2D eigenvalue weighted by Crippen LogP contribution is 2.28. The second kappa shape index (κ2) is 10.6. The number of rotatable bonds is 4. The molecular weight excluding hydrogens is 372 g/mol. The van der Waals surface area contributed by atoms with E-state index in [1.807, 2.05) is 6.07 Å². The van der Waals surface area contributed by atoms with E-state index in [-0.39, 0.29) is 24.2 Å². The molecule has 0 spiro atoms. The van der Waals surface area contributed by atoms with Gasteiger partial charge in [-0.15, -0.1) is 12.4 Å². The number of ether oxygens (including phenoxy) is 2. The van der Waals surface area contributed by atoms with Crippen molar-refractivity contribution in [2.45, 2.75) is 12.5 Å². The Morgan fingerprint density at radius 2 is 2.11 bits per heavy atom. The van der Waals surface area contributed by atoms with Gasteiger partial charge in [0, 0.05) is 31.0 Å². The van der Waals surface area contributed by atoms with E-state index in [0.717, 1.165) is 37.6 Å². The predicted octanol–water partition coefficient (Wildman–Crippen LogP) is 1.83. The predicted molar refractivity (Wildman–Crippen MR) is 101 cm³/mol. The normalized spacial score (nSPS) is 15.9. The first-order valence-electron chi connectivity index (χ1n) is 8.33. The molecule has 2 N–H and O–H groups in total. The van der Waals surface area contributed by atoms with Gasteiger partial charge in [-0.3, -0.25) is 0 Å². The summed E-state index contributed by atoms with van der Waals surface area (Å²) in [6, 6.07) is 5.37. The second-order valence-electron chi connectivity index (χ2n) is 5.71. The van der Waals surface area contributed by atoms with Crippen LogP contribution in [0.2, 0.25) is 0 Å². The second-order valence-corrected chi connectivity index (χ2v) is 5.71. The molecular formula is C18H21ClN4O4. The number of carbonyl (C=O) groups is 1. The summed E-state index contributed by atoms with van der Waals surface area (Å²) in [6.07, 6.45) is 7.69. The molecule has 27 heavy (non-hydrogen) atoms. The maximum absolute atomic E-state index is 10.1. The summed E-state index contributed by atoms with van der Waals surface area (Å²) in [5.74, 6) is -0.274. The van der Waals surface area contributed by atoms with Crippen LogP contribution in [0.25, 0.3) is 5.57 Å². The minimum absolute atomic E-state index is 0. The zero-order valence-electron chi connectivity index (χ0n) is 14.6.